The molecule has 4 rings (SSSR count). The molecule has 2 aromatic carbocycles. The van der Waals surface area contributed by atoms with Gasteiger partial charge in [-0.25, -0.2) is 19.4 Å². The first-order chi connectivity index (χ1) is 14.6. The lowest BCUT2D eigenvalue weighted by Crippen LogP contribution is -2.32. The number of fused-ring (bicyclic) bond motifs is 1. The fourth-order valence-electron chi connectivity index (χ4n) is 3.23. The van der Waals surface area contributed by atoms with Crippen LogP contribution in [0, 0.1) is 13.8 Å². The highest BCUT2D eigenvalue weighted by atomic mass is 16.2. The molecule has 0 saturated carbocycles. The van der Waals surface area contributed by atoms with E-state index >= 15 is 0 Å². The van der Waals surface area contributed by atoms with E-state index in [1.807, 2.05) is 68.4 Å². The Hall–Kier alpha value is -3.94. The molecule has 152 valence electrons. The van der Waals surface area contributed by atoms with E-state index in [1.54, 1.807) is 4.68 Å². The molecule has 0 aliphatic heterocycles. The minimum Gasteiger partial charge on any atom is -0.368 e. The molecule has 0 saturated heterocycles. The Morgan fingerprint density at radius 3 is 2.60 bits per heavy atom. The highest BCUT2D eigenvalue weighted by Crippen LogP contribution is 2.18. The molecule has 0 aliphatic carbocycles. The second kappa shape index (κ2) is 8.60. The summed E-state index contributed by atoms with van der Waals surface area (Å²) in [4.78, 5) is 20.7. The van der Waals surface area contributed by atoms with Crippen molar-refractivity contribution in [3.05, 3.63) is 72.3 Å². The molecule has 0 radical (unpaired) electrons. The standard InChI is InChI=1S/C22H23N7O/c1-15-11-16(2)29(28-15)21-13-20(25-14-26-21)23-9-10-24-22(30)27-19-8-7-17-5-3-4-6-18(17)12-19/h3-8,11-14H,9-10H2,1-2H3,(H,23,25,26)(H2,24,27,30). The largest absolute Gasteiger partial charge is 0.368 e. The van der Waals surface area contributed by atoms with Gasteiger partial charge >= 0.3 is 6.03 Å². The van der Waals surface area contributed by atoms with E-state index in [2.05, 4.69) is 31.0 Å². The van der Waals surface area contributed by atoms with Crippen LogP contribution in [0.4, 0.5) is 16.3 Å². The molecular weight excluding hydrogens is 378 g/mol. The van der Waals surface area contributed by atoms with Crippen LogP contribution in [-0.4, -0.2) is 38.9 Å². The van der Waals surface area contributed by atoms with Crippen molar-refractivity contribution in [2.45, 2.75) is 13.8 Å². The summed E-state index contributed by atoms with van der Waals surface area (Å²) in [5.74, 6) is 1.37. The second-order valence-electron chi connectivity index (χ2n) is 6.97. The van der Waals surface area contributed by atoms with Gasteiger partial charge in [-0.15, -0.1) is 0 Å². The smallest absolute Gasteiger partial charge is 0.319 e. The van der Waals surface area contributed by atoms with E-state index in [4.69, 9.17) is 0 Å². The maximum absolute atomic E-state index is 12.2. The van der Waals surface area contributed by atoms with Crippen LogP contribution in [0.15, 0.2) is 60.9 Å². The maximum Gasteiger partial charge on any atom is 0.319 e. The molecule has 0 bridgehead atoms. The quantitative estimate of drug-likeness (QED) is 0.429. The lowest BCUT2D eigenvalue weighted by atomic mass is 10.1. The third kappa shape index (κ3) is 4.54. The van der Waals surface area contributed by atoms with E-state index in [0.717, 1.165) is 27.8 Å². The highest BCUT2D eigenvalue weighted by Gasteiger charge is 2.07. The molecule has 2 amide bonds. The molecule has 4 aromatic rings. The number of rotatable bonds is 6. The Labute approximate surface area is 174 Å². The molecule has 30 heavy (non-hydrogen) atoms. The van der Waals surface area contributed by atoms with Crippen molar-refractivity contribution < 1.29 is 4.79 Å². The lowest BCUT2D eigenvalue weighted by Gasteiger charge is -2.10. The van der Waals surface area contributed by atoms with E-state index in [0.29, 0.717) is 24.7 Å². The van der Waals surface area contributed by atoms with Crippen LogP contribution in [0.25, 0.3) is 16.6 Å². The number of amides is 2. The van der Waals surface area contributed by atoms with E-state index in [1.165, 1.54) is 6.33 Å². The van der Waals surface area contributed by atoms with E-state index in [-0.39, 0.29) is 6.03 Å². The third-order valence-corrected chi connectivity index (χ3v) is 4.60. The van der Waals surface area contributed by atoms with E-state index < -0.39 is 0 Å². The molecule has 0 spiro atoms. The number of nitrogens with zero attached hydrogens (tertiary/aromatic N) is 4. The summed E-state index contributed by atoms with van der Waals surface area (Å²) in [7, 11) is 0. The van der Waals surface area contributed by atoms with Crippen molar-refractivity contribution in [2.24, 2.45) is 0 Å². The van der Waals surface area contributed by atoms with Gasteiger partial charge in [-0.1, -0.05) is 30.3 Å². The summed E-state index contributed by atoms with van der Waals surface area (Å²) in [5.41, 5.74) is 2.69. The number of carbonyl (C=O) groups is 1. The van der Waals surface area contributed by atoms with Crippen LogP contribution in [0.1, 0.15) is 11.4 Å². The fourth-order valence-corrected chi connectivity index (χ4v) is 3.23. The average molecular weight is 401 g/mol. The van der Waals surface area contributed by atoms with Crippen LogP contribution in [0.3, 0.4) is 0 Å². The van der Waals surface area contributed by atoms with Gasteiger partial charge in [-0.05, 0) is 42.8 Å². The Morgan fingerprint density at radius 2 is 1.80 bits per heavy atom. The maximum atomic E-state index is 12.2. The number of hydrogen-bond donors (Lipinski definition) is 3. The third-order valence-electron chi connectivity index (χ3n) is 4.60. The topological polar surface area (TPSA) is 96.8 Å². The van der Waals surface area contributed by atoms with Gasteiger partial charge < -0.3 is 16.0 Å². The van der Waals surface area contributed by atoms with Gasteiger partial charge in [0.1, 0.15) is 12.1 Å². The SMILES string of the molecule is Cc1cc(C)n(-c2cc(NCCNC(=O)Nc3ccc4ccccc4c3)ncn2)n1. The number of nitrogens with one attached hydrogen (secondary N) is 3. The average Bonchev–Trinajstić information content (AvgIpc) is 3.09. The highest BCUT2D eigenvalue weighted by molar-refractivity contribution is 5.93. The van der Waals surface area contributed by atoms with Gasteiger partial charge in [0, 0.05) is 30.5 Å². The van der Waals surface area contributed by atoms with Crippen molar-refractivity contribution in [3.8, 4) is 5.82 Å². The van der Waals surface area contributed by atoms with Crippen LogP contribution >= 0.6 is 0 Å². The van der Waals surface area contributed by atoms with Gasteiger partial charge in [-0.2, -0.15) is 5.10 Å². The number of hydrogen-bond acceptors (Lipinski definition) is 5. The first-order valence-corrected chi connectivity index (χ1v) is 9.72. The molecule has 2 aromatic heterocycles. The summed E-state index contributed by atoms with van der Waals surface area (Å²) in [6.45, 7) is 4.89. The van der Waals surface area contributed by atoms with Gasteiger partial charge in [0.05, 0.1) is 5.69 Å². The minimum absolute atomic E-state index is 0.252. The first-order valence-electron chi connectivity index (χ1n) is 9.72. The lowest BCUT2D eigenvalue weighted by molar-refractivity contribution is 0.252. The number of aromatic nitrogens is 4. The predicted octanol–water partition coefficient (Wildman–Crippen LogP) is 3.67. The van der Waals surface area contributed by atoms with Gasteiger partial charge in [0.15, 0.2) is 5.82 Å². The van der Waals surface area contributed by atoms with Gasteiger partial charge in [0.25, 0.3) is 0 Å². The second-order valence-corrected chi connectivity index (χ2v) is 6.97. The first kappa shape index (κ1) is 19.4. The number of urea groups is 1. The van der Waals surface area contributed by atoms with Gasteiger partial charge in [0.2, 0.25) is 0 Å². The number of carbonyl (C=O) groups excluding carboxylic acids is 1. The Kier molecular flexibility index (Phi) is 5.56. The molecule has 8 nitrogen and oxygen atoms in total. The van der Waals surface area contributed by atoms with E-state index in [9.17, 15) is 4.79 Å². The number of benzene rings is 2. The molecule has 0 aliphatic rings. The summed E-state index contributed by atoms with van der Waals surface area (Å²) >= 11 is 0. The van der Waals surface area contributed by atoms with Crippen LogP contribution in [0.2, 0.25) is 0 Å². The van der Waals surface area contributed by atoms with Crippen molar-refractivity contribution in [3.63, 3.8) is 0 Å². The van der Waals surface area contributed by atoms with Crippen molar-refractivity contribution in [1.82, 2.24) is 25.1 Å². The van der Waals surface area contributed by atoms with Crippen LogP contribution in [-0.2, 0) is 0 Å². The summed E-state index contributed by atoms with van der Waals surface area (Å²) in [6.07, 6.45) is 1.49. The van der Waals surface area contributed by atoms with Crippen LogP contribution < -0.4 is 16.0 Å². The fraction of sp³-hybridized carbons (Fsp3) is 0.182. The monoisotopic (exact) mass is 401 g/mol. The van der Waals surface area contributed by atoms with Crippen molar-refractivity contribution in [1.29, 1.82) is 0 Å². The van der Waals surface area contributed by atoms with Gasteiger partial charge in [-0.3, -0.25) is 0 Å². The molecule has 0 unspecified atom stereocenters. The Balaban J connectivity index is 1.28. The molecule has 8 heteroatoms. The molecule has 2 heterocycles. The number of anilines is 2. The summed E-state index contributed by atoms with van der Waals surface area (Å²) in [6, 6.07) is 17.4. The van der Waals surface area contributed by atoms with Crippen molar-refractivity contribution in [2.75, 3.05) is 23.7 Å². The summed E-state index contributed by atoms with van der Waals surface area (Å²) < 4.78 is 1.78. The molecular formula is C22H23N7O. The Morgan fingerprint density at radius 1 is 0.967 bits per heavy atom. The molecule has 0 fully saturated rings. The summed E-state index contributed by atoms with van der Waals surface area (Å²) in [5, 5.41) is 15.5. The molecule has 3 N–H and O–H groups in total. The zero-order valence-corrected chi connectivity index (χ0v) is 16.9. The normalized spacial score (nSPS) is 10.7. The molecule has 0 atom stereocenters. The predicted molar refractivity (Wildman–Crippen MR) is 118 cm³/mol. The van der Waals surface area contributed by atoms with Crippen molar-refractivity contribution >= 4 is 28.3 Å². The minimum atomic E-state index is -0.252. The number of aryl methyl sites for hydroxylation is 2. The zero-order valence-electron chi connectivity index (χ0n) is 16.9. The Bertz CT molecular complexity index is 1190. The zero-order chi connectivity index (χ0) is 20.9. The van der Waals surface area contributed by atoms with Crippen LogP contribution in [0.5, 0.6) is 0 Å².